The normalized spacial score (nSPS) is 10.3. The molecule has 0 aliphatic heterocycles. The largest absolute Gasteiger partial charge is 0.355 e. The summed E-state index contributed by atoms with van der Waals surface area (Å²) in [5.41, 5.74) is 0. The van der Waals surface area contributed by atoms with Crippen molar-refractivity contribution in [3.05, 3.63) is 0 Å². The van der Waals surface area contributed by atoms with E-state index in [0.717, 1.165) is 13.0 Å². The molecule has 5 nitrogen and oxygen atoms in total. The summed E-state index contributed by atoms with van der Waals surface area (Å²) in [5, 5.41) is 2.75. The van der Waals surface area contributed by atoms with Gasteiger partial charge in [-0.3, -0.25) is 9.59 Å². The van der Waals surface area contributed by atoms with Crippen LogP contribution in [0.3, 0.4) is 0 Å². The molecule has 6 heteroatoms. The van der Waals surface area contributed by atoms with Gasteiger partial charge >= 0.3 is 0 Å². The smallest absolute Gasteiger partial charge is 0.239 e. The lowest BCUT2D eigenvalue weighted by molar-refractivity contribution is -0.132. The van der Waals surface area contributed by atoms with Crippen LogP contribution >= 0.6 is 11.6 Å². The molecule has 1 N–H and O–H groups in total. The fraction of sp³-hybridized carbons (Fsp3) is 0.800. The molecule has 0 saturated heterocycles. The maximum absolute atomic E-state index is 11.4. The minimum atomic E-state index is -0.245. The van der Waals surface area contributed by atoms with E-state index in [1.54, 1.807) is 7.05 Å². The number of carbonyl (C=O) groups excluding carboxylic acids is 2. The highest BCUT2D eigenvalue weighted by Gasteiger charge is 2.10. The van der Waals surface area contributed by atoms with Crippen LogP contribution in [0.25, 0.3) is 0 Å². The van der Waals surface area contributed by atoms with Gasteiger partial charge in [0.1, 0.15) is 5.88 Å². The van der Waals surface area contributed by atoms with E-state index >= 15 is 0 Å². The Balaban J connectivity index is 3.62. The highest BCUT2D eigenvalue weighted by atomic mass is 35.5. The van der Waals surface area contributed by atoms with Crippen molar-refractivity contribution in [3.8, 4) is 0 Å². The van der Waals surface area contributed by atoms with Gasteiger partial charge in [0.2, 0.25) is 11.8 Å². The van der Waals surface area contributed by atoms with Gasteiger partial charge in [-0.2, -0.15) is 0 Å². The zero-order valence-corrected chi connectivity index (χ0v) is 10.9. The number of hydrogen-bond acceptors (Lipinski definition) is 3. The number of nitrogens with zero attached hydrogens (tertiary/aromatic N) is 2. The van der Waals surface area contributed by atoms with Gasteiger partial charge in [-0.1, -0.05) is 0 Å². The third kappa shape index (κ3) is 7.48. The zero-order valence-electron chi connectivity index (χ0n) is 10.1. The Hall–Kier alpha value is -0.810. The van der Waals surface area contributed by atoms with Crippen LogP contribution in [0.15, 0.2) is 0 Å². The SMILES string of the molecule is CN(C)CCCNC(=O)CN(C)C(=O)CCl. The summed E-state index contributed by atoms with van der Waals surface area (Å²) < 4.78 is 0. The van der Waals surface area contributed by atoms with Crippen molar-refractivity contribution in [2.45, 2.75) is 6.42 Å². The van der Waals surface area contributed by atoms with Crippen LogP contribution in [0.1, 0.15) is 6.42 Å². The summed E-state index contributed by atoms with van der Waals surface area (Å²) in [6, 6.07) is 0. The Bertz CT molecular complexity index is 234. The standard InChI is InChI=1S/C10H20ClN3O2/c1-13(2)6-4-5-12-9(15)8-14(3)10(16)7-11/h4-8H2,1-3H3,(H,12,15). The molecule has 0 heterocycles. The maximum Gasteiger partial charge on any atom is 0.239 e. The van der Waals surface area contributed by atoms with E-state index in [9.17, 15) is 9.59 Å². The molecule has 0 aliphatic carbocycles. The first kappa shape index (κ1) is 15.2. The monoisotopic (exact) mass is 249 g/mol. The van der Waals surface area contributed by atoms with Gasteiger partial charge in [-0.25, -0.2) is 0 Å². The van der Waals surface area contributed by atoms with Gasteiger partial charge in [-0.15, -0.1) is 11.6 Å². The quantitative estimate of drug-likeness (QED) is 0.500. The second-order valence-corrected chi connectivity index (χ2v) is 4.16. The number of nitrogens with one attached hydrogen (secondary N) is 1. The van der Waals surface area contributed by atoms with Crippen LogP contribution < -0.4 is 5.32 Å². The van der Waals surface area contributed by atoms with Crippen LogP contribution in [0.4, 0.5) is 0 Å². The number of rotatable bonds is 7. The second-order valence-electron chi connectivity index (χ2n) is 3.89. The molecular weight excluding hydrogens is 230 g/mol. The number of hydrogen-bond donors (Lipinski definition) is 1. The Morgan fingerprint density at radius 2 is 1.88 bits per heavy atom. The molecule has 0 aromatic carbocycles. The summed E-state index contributed by atoms with van der Waals surface area (Å²) in [4.78, 5) is 25.8. The van der Waals surface area contributed by atoms with E-state index in [1.807, 2.05) is 14.1 Å². The lowest BCUT2D eigenvalue weighted by atomic mass is 10.4. The summed E-state index contributed by atoms with van der Waals surface area (Å²) in [6.07, 6.45) is 0.895. The van der Waals surface area contributed by atoms with E-state index in [4.69, 9.17) is 11.6 Å². The number of amides is 2. The van der Waals surface area contributed by atoms with E-state index in [1.165, 1.54) is 4.90 Å². The van der Waals surface area contributed by atoms with Crippen molar-refractivity contribution in [1.29, 1.82) is 0 Å². The van der Waals surface area contributed by atoms with E-state index in [0.29, 0.717) is 6.54 Å². The van der Waals surface area contributed by atoms with Gasteiger partial charge in [0.05, 0.1) is 6.54 Å². The highest BCUT2D eigenvalue weighted by Crippen LogP contribution is 1.88. The Labute approximate surface area is 102 Å². The molecule has 0 spiro atoms. The van der Waals surface area contributed by atoms with Crippen molar-refractivity contribution in [2.24, 2.45) is 0 Å². The van der Waals surface area contributed by atoms with Crippen molar-refractivity contribution < 1.29 is 9.59 Å². The fourth-order valence-corrected chi connectivity index (χ4v) is 1.29. The Morgan fingerprint density at radius 1 is 1.25 bits per heavy atom. The second kappa shape index (κ2) is 8.35. The lowest BCUT2D eigenvalue weighted by Crippen LogP contribution is -2.39. The number of halogens is 1. The average molecular weight is 250 g/mol. The molecule has 0 rings (SSSR count). The van der Waals surface area contributed by atoms with Crippen LogP contribution in [-0.2, 0) is 9.59 Å². The number of likely N-dealkylation sites (N-methyl/N-ethyl adjacent to an activating group) is 1. The first-order valence-corrected chi connectivity index (χ1v) is 5.72. The first-order valence-electron chi connectivity index (χ1n) is 5.18. The average Bonchev–Trinajstić information content (AvgIpc) is 2.22. The van der Waals surface area contributed by atoms with Gasteiger partial charge in [0, 0.05) is 13.6 Å². The highest BCUT2D eigenvalue weighted by molar-refractivity contribution is 6.27. The predicted octanol–water partition coefficient (Wildman–Crippen LogP) is -0.248. The predicted molar refractivity (Wildman–Crippen MR) is 64.5 cm³/mol. The van der Waals surface area contributed by atoms with E-state index in [-0.39, 0.29) is 24.2 Å². The topological polar surface area (TPSA) is 52.7 Å². The Kier molecular flexibility index (Phi) is 7.93. The molecule has 2 amide bonds. The minimum absolute atomic E-state index is 0.0630. The summed E-state index contributed by atoms with van der Waals surface area (Å²) >= 11 is 5.36. The molecule has 94 valence electrons. The molecule has 0 atom stereocenters. The molecule has 0 radical (unpaired) electrons. The molecule has 0 aromatic heterocycles. The van der Waals surface area contributed by atoms with Crippen LogP contribution in [0, 0.1) is 0 Å². The van der Waals surface area contributed by atoms with Gasteiger partial charge in [0.25, 0.3) is 0 Å². The van der Waals surface area contributed by atoms with Gasteiger partial charge in [0.15, 0.2) is 0 Å². The molecule has 0 fully saturated rings. The molecule has 0 bridgehead atoms. The summed E-state index contributed by atoms with van der Waals surface area (Å²) in [6.45, 7) is 1.62. The van der Waals surface area contributed by atoms with Crippen LogP contribution in [0.2, 0.25) is 0 Å². The summed E-state index contributed by atoms with van der Waals surface area (Å²) in [7, 11) is 5.52. The van der Waals surface area contributed by atoms with E-state index in [2.05, 4.69) is 10.2 Å². The van der Waals surface area contributed by atoms with Crippen molar-refractivity contribution in [3.63, 3.8) is 0 Å². The van der Waals surface area contributed by atoms with Crippen LogP contribution in [-0.4, -0.2) is 68.3 Å². The third-order valence-corrected chi connectivity index (χ3v) is 2.25. The van der Waals surface area contributed by atoms with Crippen LogP contribution in [0.5, 0.6) is 0 Å². The van der Waals surface area contributed by atoms with E-state index < -0.39 is 0 Å². The zero-order chi connectivity index (χ0) is 12.6. The fourth-order valence-electron chi connectivity index (χ4n) is 1.08. The molecule has 0 aliphatic rings. The number of carbonyl (C=O) groups is 2. The van der Waals surface area contributed by atoms with Crippen molar-refractivity contribution >= 4 is 23.4 Å². The van der Waals surface area contributed by atoms with Crippen molar-refractivity contribution in [2.75, 3.05) is 46.7 Å². The molecule has 0 saturated carbocycles. The first-order chi connectivity index (χ1) is 7.47. The molecule has 0 unspecified atom stereocenters. The van der Waals surface area contributed by atoms with Crippen molar-refractivity contribution in [1.82, 2.24) is 15.1 Å². The third-order valence-electron chi connectivity index (χ3n) is 2.03. The molecular formula is C10H20ClN3O2. The summed E-state index contributed by atoms with van der Waals surface area (Å²) in [5.74, 6) is -0.491. The molecule has 0 aromatic rings. The van der Waals surface area contributed by atoms with Gasteiger partial charge < -0.3 is 15.1 Å². The molecule has 16 heavy (non-hydrogen) atoms. The minimum Gasteiger partial charge on any atom is -0.355 e. The lowest BCUT2D eigenvalue weighted by Gasteiger charge is -2.15. The van der Waals surface area contributed by atoms with Gasteiger partial charge in [-0.05, 0) is 27.1 Å². The Morgan fingerprint density at radius 3 is 2.38 bits per heavy atom. The number of alkyl halides is 1. The maximum atomic E-state index is 11.4.